The van der Waals surface area contributed by atoms with Crippen molar-refractivity contribution in [1.82, 2.24) is 5.32 Å². The van der Waals surface area contributed by atoms with Crippen LogP contribution in [0.3, 0.4) is 0 Å². The summed E-state index contributed by atoms with van der Waals surface area (Å²) in [6, 6.07) is 22.0. The maximum atomic E-state index is 12.7. The second-order valence-corrected chi connectivity index (χ2v) is 7.43. The summed E-state index contributed by atoms with van der Waals surface area (Å²) < 4.78 is 5.83. The molecule has 0 aliphatic rings. The van der Waals surface area contributed by atoms with Gasteiger partial charge in [0.15, 0.2) is 5.11 Å². The van der Waals surface area contributed by atoms with E-state index >= 15 is 0 Å². The Labute approximate surface area is 184 Å². The molecule has 148 valence electrons. The molecule has 0 aliphatic heterocycles. The van der Waals surface area contributed by atoms with E-state index in [1.165, 1.54) is 5.56 Å². The number of amides is 1. The van der Waals surface area contributed by atoms with E-state index in [1.807, 2.05) is 36.4 Å². The van der Waals surface area contributed by atoms with E-state index < -0.39 is 0 Å². The molecule has 0 unspecified atom stereocenters. The zero-order chi connectivity index (χ0) is 20.6. The van der Waals surface area contributed by atoms with E-state index in [2.05, 4.69) is 10.6 Å². The lowest BCUT2D eigenvalue weighted by molar-refractivity contribution is 0.0974. The van der Waals surface area contributed by atoms with Crippen molar-refractivity contribution in [2.45, 2.75) is 6.42 Å². The van der Waals surface area contributed by atoms with Crippen molar-refractivity contribution in [2.24, 2.45) is 0 Å². The Hall–Kier alpha value is -2.60. The van der Waals surface area contributed by atoms with Crippen molar-refractivity contribution < 1.29 is 9.53 Å². The van der Waals surface area contributed by atoms with Crippen molar-refractivity contribution in [1.29, 1.82) is 0 Å². The van der Waals surface area contributed by atoms with Crippen molar-refractivity contribution in [3.05, 3.63) is 94.0 Å². The molecular weight excluding hydrogens is 427 g/mol. The molecule has 3 aromatic rings. The SMILES string of the molecule is O=C(NC(=S)Nc1cc(Cl)cc(Cl)c1)c1ccccc1OCCc1ccccc1. The number of hydrogen-bond donors (Lipinski definition) is 2. The minimum atomic E-state index is -0.370. The zero-order valence-electron chi connectivity index (χ0n) is 15.3. The molecule has 0 radical (unpaired) electrons. The third-order valence-corrected chi connectivity index (χ3v) is 4.61. The van der Waals surface area contributed by atoms with E-state index in [1.54, 1.807) is 36.4 Å². The van der Waals surface area contributed by atoms with Crippen LogP contribution < -0.4 is 15.4 Å². The van der Waals surface area contributed by atoms with Gasteiger partial charge in [0.05, 0.1) is 12.2 Å². The molecule has 3 rings (SSSR count). The smallest absolute Gasteiger partial charge is 0.261 e. The first-order chi connectivity index (χ1) is 14.0. The molecule has 3 aromatic carbocycles. The fourth-order valence-corrected chi connectivity index (χ4v) is 3.40. The van der Waals surface area contributed by atoms with Crippen LogP contribution in [0.4, 0.5) is 5.69 Å². The summed E-state index contributed by atoms with van der Waals surface area (Å²) in [5.74, 6) is 0.125. The van der Waals surface area contributed by atoms with E-state index in [9.17, 15) is 4.79 Å². The summed E-state index contributed by atoms with van der Waals surface area (Å²) in [4.78, 5) is 12.7. The topological polar surface area (TPSA) is 50.4 Å². The van der Waals surface area contributed by atoms with Crippen LogP contribution in [0.15, 0.2) is 72.8 Å². The molecular formula is C22H18Cl2N2O2S. The monoisotopic (exact) mass is 444 g/mol. The predicted octanol–water partition coefficient (Wildman–Crippen LogP) is 5.74. The van der Waals surface area contributed by atoms with Crippen molar-refractivity contribution in [2.75, 3.05) is 11.9 Å². The number of benzene rings is 3. The standard InChI is InChI=1S/C22H18Cl2N2O2S/c23-16-12-17(24)14-18(13-16)25-22(29)26-21(27)19-8-4-5-9-20(19)28-11-10-15-6-2-1-3-7-15/h1-9,12-14H,10-11H2,(H2,25,26,27,29). The number of para-hydroxylation sites is 1. The number of thiocarbonyl (C=S) groups is 1. The van der Waals surface area contributed by atoms with Gasteiger partial charge >= 0.3 is 0 Å². The van der Waals surface area contributed by atoms with Crippen LogP contribution >= 0.6 is 35.4 Å². The number of nitrogens with one attached hydrogen (secondary N) is 2. The number of hydrogen-bond acceptors (Lipinski definition) is 3. The van der Waals surface area contributed by atoms with Gasteiger partial charge in [-0.1, -0.05) is 65.7 Å². The third kappa shape index (κ3) is 6.46. The molecule has 2 N–H and O–H groups in total. The van der Waals surface area contributed by atoms with Gasteiger partial charge in [0.1, 0.15) is 5.75 Å². The number of carbonyl (C=O) groups is 1. The molecule has 7 heteroatoms. The molecule has 4 nitrogen and oxygen atoms in total. The van der Waals surface area contributed by atoms with Crippen molar-refractivity contribution in [3.63, 3.8) is 0 Å². The van der Waals surface area contributed by atoms with Crippen LogP contribution in [0.2, 0.25) is 10.0 Å². The predicted molar refractivity (Wildman–Crippen MR) is 122 cm³/mol. The Morgan fingerprint density at radius 2 is 1.59 bits per heavy atom. The quantitative estimate of drug-likeness (QED) is 0.475. The number of rotatable bonds is 6. The fourth-order valence-electron chi connectivity index (χ4n) is 2.66. The normalized spacial score (nSPS) is 10.3. The van der Waals surface area contributed by atoms with Gasteiger partial charge in [0.2, 0.25) is 0 Å². The molecule has 0 atom stereocenters. The first-order valence-electron chi connectivity index (χ1n) is 8.85. The molecule has 0 aromatic heterocycles. The van der Waals surface area contributed by atoms with Crippen LogP contribution in [-0.2, 0) is 6.42 Å². The molecule has 0 spiro atoms. The Morgan fingerprint density at radius 1 is 0.931 bits per heavy atom. The van der Waals surface area contributed by atoms with Crippen LogP contribution in [0.1, 0.15) is 15.9 Å². The molecule has 0 fully saturated rings. The first-order valence-corrected chi connectivity index (χ1v) is 10.0. The molecule has 29 heavy (non-hydrogen) atoms. The Balaban J connectivity index is 1.60. The van der Waals surface area contributed by atoms with Gasteiger partial charge in [-0.2, -0.15) is 0 Å². The highest BCUT2D eigenvalue weighted by atomic mass is 35.5. The van der Waals surface area contributed by atoms with E-state index in [4.69, 9.17) is 40.2 Å². The molecule has 0 heterocycles. The Morgan fingerprint density at radius 3 is 2.31 bits per heavy atom. The van der Waals surface area contributed by atoms with Gasteiger partial charge in [0.25, 0.3) is 5.91 Å². The van der Waals surface area contributed by atoms with Gasteiger partial charge < -0.3 is 10.1 Å². The lowest BCUT2D eigenvalue weighted by Gasteiger charge is -2.13. The Kier molecular flexibility index (Phi) is 7.47. The number of ether oxygens (including phenoxy) is 1. The summed E-state index contributed by atoms with van der Waals surface area (Å²) in [7, 11) is 0. The van der Waals surface area contributed by atoms with Crippen molar-refractivity contribution >= 4 is 52.1 Å². The molecule has 0 saturated heterocycles. The van der Waals surface area contributed by atoms with Crippen LogP contribution in [0.25, 0.3) is 0 Å². The van der Waals surface area contributed by atoms with Crippen LogP contribution in [0.5, 0.6) is 5.75 Å². The lowest BCUT2D eigenvalue weighted by atomic mass is 10.1. The molecule has 0 aliphatic carbocycles. The minimum absolute atomic E-state index is 0.132. The van der Waals surface area contributed by atoms with Gasteiger partial charge in [-0.15, -0.1) is 0 Å². The highest BCUT2D eigenvalue weighted by Gasteiger charge is 2.14. The largest absolute Gasteiger partial charge is 0.492 e. The van der Waals surface area contributed by atoms with Gasteiger partial charge in [0, 0.05) is 22.2 Å². The third-order valence-electron chi connectivity index (χ3n) is 3.97. The number of halogens is 2. The highest BCUT2D eigenvalue weighted by molar-refractivity contribution is 7.80. The second-order valence-electron chi connectivity index (χ2n) is 6.15. The fraction of sp³-hybridized carbons (Fsp3) is 0.0909. The van der Waals surface area contributed by atoms with Gasteiger partial charge in [-0.25, -0.2) is 0 Å². The second kappa shape index (κ2) is 10.3. The van der Waals surface area contributed by atoms with E-state index in [-0.39, 0.29) is 11.0 Å². The lowest BCUT2D eigenvalue weighted by Crippen LogP contribution is -2.34. The molecule has 0 bridgehead atoms. The summed E-state index contributed by atoms with van der Waals surface area (Å²) >= 11 is 17.2. The van der Waals surface area contributed by atoms with Gasteiger partial charge in [-0.05, 0) is 48.1 Å². The molecule has 0 saturated carbocycles. The average molecular weight is 445 g/mol. The minimum Gasteiger partial charge on any atom is -0.492 e. The summed E-state index contributed by atoms with van der Waals surface area (Å²) in [6.45, 7) is 0.456. The van der Waals surface area contributed by atoms with E-state index in [0.717, 1.165) is 6.42 Å². The average Bonchev–Trinajstić information content (AvgIpc) is 2.68. The maximum Gasteiger partial charge on any atom is 0.261 e. The summed E-state index contributed by atoms with van der Waals surface area (Å²) in [6.07, 6.45) is 0.742. The zero-order valence-corrected chi connectivity index (χ0v) is 17.7. The van der Waals surface area contributed by atoms with Crippen LogP contribution in [-0.4, -0.2) is 17.6 Å². The first kappa shape index (κ1) is 21.1. The molecule has 1 amide bonds. The maximum absolute atomic E-state index is 12.7. The number of anilines is 1. The van der Waals surface area contributed by atoms with E-state index in [0.29, 0.717) is 33.7 Å². The van der Waals surface area contributed by atoms with Crippen molar-refractivity contribution in [3.8, 4) is 5.75 Å². The summed E-state index contributed by atoms with van der Waals surface area (Å²) in [5.41, 5.74) is 2.15. The highest BCUT2D eigenvalue weighted by Crippen LogP contribution is 2.22. The number of carbonyl (C=O) groups excluding carboxylic acids is 1. The Bertz CT molecular complexity index is 992. The summed E-state index contributed by atoms with van der Waals surface area (Å²) in [5, 5.41) is 6.61. The van der Waals surface area contributed by atoms with Crippen LogP contribution in [0, 0.1) is 0 Å². The van der Waals surface area contributed by atoms with Gasteiger partial charge in [-0.3, -0.25) is 10.1 Å².